The largest absolute Gasteiger partial charge is 0.358 e. The normalized spacial score (nSPS) is 14.5. The predicted octanol–water partition coefficient (Wildman–Crippen LogP) is 2.63. The van der Waals surface area contributed by atoms with Crippen molar-refractivity contribution >= 4 is 18.0 Å². The second-order valence-corrected chi connectivity index (χ2v) is 5.65. The Morgan fingerprint density at radius 1 is 1.36 bits per heavy atom. The molecule has 0 amide bonds. The maximum Gasteiger partial charge on any atom is 0.258 e. The zero-order chi connectivity index (χ0) is 15.7. The lowest BCUT2D eigenvalue weighted by Crippen LogP contribution is -2.39. The molecule has 0 unspecified atom stereocenters. The SMILES string of the molecule is CCCN1CNc2c(c(=O)[nH]c(=S)n2-c2ccccc2F)C1. The van der Waals surface area contributed by atoms with Gasteiger partial charge in [0, 0.05) is 6.54 Å². The van der Waals surface area contributed by atoms with Crippen molar-refractivity contribution in [2.45, 2.75) is 19.9 Å². The second-order valence-electron chi connectivity index (χ2n) is 5.26. The maximum atomic E-state index is 14.1. The van der Waals surface area contributed by atoms with Gasteiger partial charge in [-0.3, -0.25) is 19.2 Å². The van der Waals surface area contributed by atoms with E-state index in [1.807, 2.05) is 0 Å². The molecule has 7 heteroatoms. The molecule has 3 rings (SSSR count). The molecule has 0 spiro atoms. The zero-order valence-corrected chi connectivity index (χ0v) is 13.0. The first-order valence-electron chi connectivity index (χ1n) is 7.21. The van der Waals surface area contributed by atoms with Crippen LogP contribution in [0.3, 0.4) is 0 Å². The number of hydrogen-bond acceptors (Lipinski definition) is 4. The molecule has 1 aromatic heterocycles. The average Bonchev–Trinajstić information content (AvgIpc) is 2.50. The van der Waals surface area contributed by atoms with Gasteiger partial charge in [-0.1, -0.05) is 19.1 Å². The van der Waals surface area contributed by atoms with Gasteiger partial charge >= 0.3 is 0 Å². The molecule has 2 aromatic rings. The Kier molecular flexibility index (Phi) is 4.08. The number of para-hydroxylation sites is 1. The van der Waals surface area contributed by atoms with Crippen LogP contribution in [0, 0.1) is 10.6 Å². The standard InChI is InChI=1S/C15H17FN4OS/c1-2-7-19-8-10-13(17-9-19)20(15(22)18-14(10)21)12-6-4-3-5-11(12)16/h3-6,17H,2,7-9H2,1H3,(H,18,21,22). The van der Waals surface area contributed by atoms with Gasteiger partial charge in [-0.05, 0) is 37.3 Å². The van der Waals surface area contributed by atoms with E-state index in [0.29, 0.717) is 30.3 Å². The van der Waals surface area contributed by atoms with E-state index in [1.165, 1.54) is 6.07 Å². The third-order valence-corrected chi connectivity index (χ3v) is 3.98. The summed E-state index contributed by atoms with van der Waals surface area (Å²) >= 11 is 5.23. The number of fused-ring (bicyclic) bond motifs is 1. The average molecular weight is 320 g/mol. The van der Waals surface area contributed by atoms with Crippen molar-refractivity contribution in [1.29, 1.82) is 0 Å². The quantitative estimate of drug-likeness (QED) is 0.854. The first-order chi connectivity index (χ1) is 10.6. The van der Waals surface area contributed by atoms with E-state index in [9.17, 15) is 9.18 Å². The molecule has 1 aromatic carbocycles. The summed E-state index contributed by atoms with van der Waals surface area (Å²) in [4.78, 5) is 17.0. The maximum absolute atomic E-state index is 14.1. The van der Waals surface area contributed by atoms with Gasteiger partial charge in [0.15, 0.2) is 4.77 Å². The van der Waals surface area contributed by atoms with Crippen LogP contribution in [-0.4, -0.2) is 27.7 Å². The highest BCUT2D eigenvalue weighted by Crippen LogP contribution is 2.24. The monoisotopic (exact) mass is 320 g/mol. The highest BCUT2D eigenvalue weighted by atomic mass is 32.1. The molecule has 1 aliphatic rings. The van der Waals surface area contributed by atoms with Crippen LogP contribution in [0.15, 0.2) is 29.1 Å². The Morgan fingerprint density at radius 2 is 2.14 bits per heavy atom. The van der Waals surface area contributed by atoms with Crippen LogP contribution in [0.2, 0.25) is 0 Å². The first-order valence-corrected chi connectivity index (χ1v) is 7.62. The van der Waals surface area contributed by atoms with Crippen molar-refractivity contribution in [1.82, 2.24) is 14.5 Å². The molecule has 22 heavy (non-hydrogen) atoms. The van der Waals surface area contributed by atoms with Gasteiger partial charge in [0.1, 0.15) is 11.6 Å². The molecule has 0 atom stereocenters. The molecule has 0 saturated carbocycles. The van der Waals surface area contributed by atoms with Crippen molar-refractivity contribution < 1.29 is 4.39 Å². The zero-order valence-electron chi connectivity index (χ0n) is 12.2. The third-order valence-electron chi connectivity index (χ3n) is 3.69. The van der Waals surface area contributed by atoms with Crippen molar-refractivity contribution in [3.8, 4) is 5.69 Å². The number of nitrogens with zero attached hydrogens (tertiary/aromatic N) is 2. The molecular weight excluding hydrogens is 303 g/mol. The van der Waals surface area contributed by atoms with Crippen molar-refractivity contribution in [3.63, 3.8) is 0 Å². The van der Waals surface area contributed by atoms with Crippen molar-refractivity contribution in [2.75, 3.05) is 18.5 Å². The number of hydrogen-bond donors (Lipinski definition) is 2. The summed E-state index contributed by atoms with van der Waals surface area (Å²) in [5.41, 5.74) is 0.689. The fourth-order valence-electron chi connectivity index (χ4n) is 2.71. The number of rotatable bonds is 3. The first kappa shape index (κ1) is 14.9. The summed E-state index contributed by atoms with van der Waals surface area (Å²) in [6.07, 6.45) is 1.00. The molecule has 5 nitrogen and oxygen atoms in total. The number of H-pyrrole nitrogens is 1. The summed E-state index contributed by atoms with van der Waals surface area (Å²) in [5.74, 6) is 0.192. The smallest absolute Gasteiger partial charge is 0.258 e. The molecule has 0 aliphatic carbocycles. The number of nitrogens with one attached hydrogen (secondary N) is 2. The Hall–Kier alpha value is -1.99. The van der Waals surface area contributed by atoms with Crippen LogP contribution in [-0.2, 0) is 6.54 Å². The summed E-state index contributed by atoms with van der Waals surface area (Å²) in [7, 11) is 0. The topological polar surface area (TPSA) is 53.1 Å². The molecule has 0 fully saturated rings. The molecule has 2 heterocycles. The van der Waals surface area contributed by atoms with E-state index in [4.69, 9.17) is 12.2 Å². The lowest BCUT2D eigenvalue weighted by atomic mass is 10.2. The van der Waals surface area contributed by atoms with Crippen molar-refractivity contribution in [2.24, 2.45) is 0 Å². The minimum atomic E-state index is -0.384. The Bertz CT molecular complexity index is 814. The number of benzene rings is 1. The summed E-state index contributed by atoms with van der Waals surface area (Å²) in [5, 5.41) is 3.21. The van der Waals surface area contributed by atoms with Gasteiger partial charge in [-0.25, -0.2) is 4.39 Å². The fraction of sp³-hybridized carbons (Fsp3) is 0.333. The number of anilines is 1. The molecule has 0 saturated heterocycles. The molecule has 1 aliphatic heterocycles. The van der Waals surface area contributed by atoms with E-state index < -0.39 is 0 Å². The van der Waals surface area contributed by atoms with Gasteiger partial charge in [0.25, 0.3) is 5.56 Å². The summed E-state index contributed by atoms with van der Waals surface area (Å²) < 4.78 is 15.9. The molecular formula is C15H17FN4OS. The Balaban J connectivity index is 2.18. The van der Waals surface area contributed by atoms with E-state index in [-0.39, 0.29) is 16.1 Å². The Morgan fingerprint density at radius 3 is 2.86 bits per heavy atom. The van der Waals surface area contributed by atoms with Crippen LogP contribution < -0.4 is 10.9 Å². The predicted molar refractivity (Wildman–Crippen MR) is 86.4 cm³/mol. The Labute approximate surface area is 132 Å². The van der Waals surface area contributed by atoms with Gasteiger partial charge in [0.2, 0.25) is 0 Å². The van der Waals surface area contributed by atoms with Crippen LogP contribution >= 0.6 is 12.2 Å². The van der Waals surface area contributed by atoms with Crippen LogP contribution in [0.4, 0.5) is 10.2 Å². The summed E-state index contributed by atoms with van der Waals surface area (Å²) in [6, 6.07) is 6.38. The van der Waals surface area contributed by atoms with E-state index in [0.717, 1.165) is 13.0 Å². The fourth-order valence-corrected chi connectivity index (χ4v) is 2.99. The number of aromatic amines is 1. The van der Waals surface area contributed by atoms with Crippen LogP contribution in [0.1, 0.15) is 18.9 Å². The van der Waals surface area contributed by atoms with Gasteiger partial charge in [-0.2, -0.15) is 0 Å². The minimum Gasteiger partial charge on any atom is -0.358 e. The van der Waals surface area contributed by atoms with Gasteiger partial charge in [0.05, 0.1) is 17.9 Å². The highest BCUT2D eigenvalue weighted by Gasteiger charge is 2.22. The summed E-state index contributed by atoms with van der Waals surface area (Å²) in [6.45, 7) is 4.11. The molecule has 2 N–H and O–H groups in total. The molecule has 0 radical (unpaired) electrons. The molecule has 0 bridgehead atoms. The van der Waals surface area contributed by atoms with Gasteiger partial charge in [-0.15, -0.1) is 0 Å². The van der Waals surface area contributed by atoms with E-state index >= 15 is 0 Å². The lowest BCUT2D eigenvalue weighted by molar-refractivity contribution is 0.273. The minimum absolute atomic E-state index is 0.185. The third kappa shape index (κ3) is 2.57. The van der Waals surface area contributed by atoms with E-state index in [1.54, 1.807) is 22.8 Å². The second kappa shape index (κ2) is 6.02. The highest BCUT2D eigenvalue weighted by molar-refractivity contribution is 7.71. The van der Waals surface area contributed by atoms with Crippen LogP contribution in [0.5, 0.6) is 0 Å². The van der Waals surface area contributed by atoms with Gasteiger partial charge < -0.3 is 5.32 Å². The number of halogens is 1. The number of aromatic nitrogens is 2. The van der Waals surface area contributed by atoms with Crippen molar-refractivity contribution in [3.05, 3.63) is 50.8 Å². The van der Waals surface area contributed by atoms with E-state index in [2.05, 4.69) is 22.1 Å². The molecule has 116 valence electrons. The lowest BCUT2D eigenvalue weighted by Gasteiger charge is -2.30. The van der Waals surface area contributed by atoms with Crippen LogP contribution in [0.25, 0.3) is 5.69 Å².